The molecule has 0 spiro atoms. The second kappa shape index (κ2) is 3.85. The van der Waals surface area contributed by atoms with Gasteiger partial charge in [0.05, 0.1) is 0 Å². The average molecular weight is 237 g/mol. The maximum Gasteiger partial charge on any atom is 1.00 e. The van der Waals surface area contributed by atoms with Crippen LogP contribution < -0.4 is 34.7 Å². The van der Waals surface area contributed by atoms with Gasteiger partial charge in [0.2, 0.25) is 0 Å². The van der Waals surface area contributed by atoms with E-state index in [0.29, 0.717) is 12.2 Å². The molecule has 1 aliphatic rings. The largest absolute Gasteiger partial charge is 1.00 e. The van der Waals surface area contributed by atoms with Gasteiger partial charge < -0.3 is 0 Å². The van der Waals surface area contributed by atoms with Gasteiger partial charge in [-0.15, -0.1) is 0 Å². The van der Waals surface area contributed by atoms with Gasteiger partial charge in [-0.1, -0.05) is 0 Å². The predicted octanol–water partition coefficient (Wildman–Crippen LogP) is -4.48. The smallest absolute Gasteiger partial charge is 1.00 e. The van der Waals surface area contributed by atoms with Crippen LogP contribution in [0.1, 0.15) is 4.44 Å². The van der Waals surface area contributed by atoms with Gasteiger partial charge in [0.25, 0.3) is 0 Å². The summed E-state index contributed by atoms with van der Waals surface area (Å²) in [6.07, 6.45) is 0.428. The van der Waals surface area contributed by atoms with Crippen molar-refractivity contribution < 1.29 is 39.5 Å². The molecule has 0 unspecified atom stereocenters. The number of carboxylic acids is 1. The predicted molar refractivity (Wildman–Crippen MR) is 37.0 cm³/mol. The number of rotatable bonds is 1. The molecule has 56 valence electrons. The Balaban J connectivity index is 0.000000720. The van der Waals surface area contributed by atoms with E-state index < -0.39 is 5.97 Å². The van der Waals surface area contributed by atoms with Crippen LogP contribution in [0.5, 0.6) is 0 Å². The fourth-order valence-corrected chi connectivity index (χ4v) is 2.39. The van der Waals surface area contributed by atoms with E-state index in [-0.39, 0.29) is 49.8 Å². The molecule has 1 aromatic heterocycles. The minimum absolute atomic E-state index is 0. The topological polar surface area (TPSA) is 65.4 Å². The Morgan fingerprint density at radius 1 is 1.67 bits per heavy atom. The second-order valence-corrected chi connectivity index (χ2v) is 4.09. The summed E-state index contributed by atoms with van der Waals surface area (Å²) in [6, 6.07) is 0. The molecular formula is C6H3N2NaO2Se. The molecule has 0 aliphatic carbocycles. The third kappa shape index (κ3) is 1.70. The number of fused-ring (bicyclic) bond motifs is 1. The zero-order valence-corrected chi connectivity index (χ0v) is 10.1. The van der Waals surface area contributed by atoms with Crippen LogP contribution in [0.3, 0.4) is 0 Å². The summed E-state index contributed by atoms with van der Waals surface area (Å²) in [6.45, 7) is 0. The number of nitrogens with zero attached hydrogens (tertiary/aromatic N) is 2. The molecule has 2 rings (SSSR count). The van der Waals surface area contributed by atoms with Crippen LogP contribution >= 0.6 is 0 Å². The van der Waals surface area contributed by atoms with Crippen molar-refractivity contribution in [2.45, 2.75) is 6.42 Å². The van der Waals surface area contributed by atoms with Crippen molar-refractivity contribution in [3.8, 4) is 0 Å². The quantitative estimate of drug-likeness (QED) is 0.462. The van der Waals surface area contributed by atoms with Crippen LogP contribution in [0.25, 0.3) is 0 Å². The third-order valence-electron chi connectivity index (χ3n) is 1.42. The Kier molecular flexibility index (Phi) is 3.26. The number of hydrogen-bond donors (Lipinski definition) is 0. The van der Waals surface area contributed by atoms with Crippen LogP contribution in [-0.4, -0.2) is 31.2 Å². The van der Waals surface area contributed by atoms with Crippen molar-refractivity contribution in [3.63, 3.8) is 0 Å². The van der Waals surface area contributed by atoms with E-state index in [9.17, 15) is 9.90 Å². The van der Waals surface area contributed by atoms with Crippen LogP contribution in [0.4, 0.5) is 5.82 Å². The van der Waals surface area contributed by atoms with E-state index in [4.69, 9.17) is 0 Å². The molecule has 2 heterocycles. The Labute approximate surface area is 96.8 Å². The van der Waals surface area contributed by atoms with Crippen molar-refractivity contribution >= 4 is 32.0 Å². The standard InChI is InChI=1S/C6H4N2O2Se.Na/c9-6(10)3-1-4-5(8-3)7-2-11-4;/h2H,1H2,(H,9,10);/q;+1/p-1. The van der Waals surface area contributed by atoms with Gasteiger partial charge in [-0.05, 0) is 0 Å². The Morgan fingerprint density at radius 2 is 2.42 bits per heavy atom. The number of hydrogen-bond acceptors (Lipinski definition) is 4. The van der Waals surface area contributed by atoms with Crippen molar-refractivity contribution in [1.82, 2.24) is 4.98 Å². The van der Waals surface area contributed by atoms with Crippen LogP contribution in [0, 0.1) is 0 Å². The van der Waals surface area contributed by atoms with E-state index in [2.05, 4.69) is 9.98 Å². The Hall–Kier alpha value is 0.0695. The summed E-state index contributed by atoms with van der Waals surface area (Å²) in [7, 11) is 0. The molecule has 1 aromatic rings. The van der Waals surface area contributed by atoms with Crippen molar-refractivity contribution in [2.75, 3.05) is 0 Å². The molecule has 0 saturated heterocycles. The molecule has 12 heavy (non-hydrogen) atoms. The molecule has 6 heteroatoms. The first-order valence-electron chi connectivity index (χ1n) is 2.98. The minimum atomic E-state index is -1.18. The molecule has 4 nitrogen and oxygen atoms in total. The third-order valence-corrected chi connectivity index (χ3v) is 3.15. The molecule has 0 bridgehead atoms. The van der Waals surface area contributed by atoms with Crippen molar-refractivity contribution in [2.24, 2.45) is 4.99 Å². The summed E-state index contributed by atoms with van der Waals surface area (Å²) >= 11 is 0.218. The van der Waals surface area contributed by atoms with Gasteiger partial charge in [0.1, 0.15) is 0 Å². The molecule has 0 N–H and O–H groups in total. The molecule has 0 aromatic carbocycles. The number of aliphatic carboxylic acids is 1. The van der Waals surface area contributed by atoms with Gasteiger partial charge in [0, 0.05) is 0 Å². The Bertz CT molecular complexity index is 347. The first-order valence-corrected chi connectivity index (χ1v) is 4.83. The molecule has 0 atom stereocenters. The maximum atomic E-state index is 10.3. The average Bonchev–Trinajstić information content (AvgIpc) is 2.40. The molecule has 0 amide bonds. The van der Waals surface area contributed by atoms with E-state index in [1.807, 2.05) is 0 Å². The zero-order chi connectivity index (χ0) is 7.84. The summed E-state index contributed by atoms with van der Waals surface area (Å²) in [5, 5.41) is 12.1. The molecular weight excluding hydrogens is 234 g/mol. The molecule has 0 fully saturated rings. The van der Waals surface area contributed by atoms with Crippen LogP contribution in [0.2, 0.25) is 0 Å². The van der Waals surface area contributed by atoms with Gasteiger partial charge in [-0.25, -0.2) is 0 Å². The summed E-state index contributed by atoms with van der Waals surface area (Å²) in [5.74, 6) is -0.574. The Morgan fingerprint density at radius 3 is 3.00 bits per heavy atom. The number of aliphatic imine (C=N–C) groups is 1. The minimum Gasteiger partial charge on any atom is 1.00 e. The molecule has 0 saturated carbocycles. The normalized spacial score (nSPS) is 13.2. The fraction of sp³-hybridized carbons (Fsp3) is 0.167. The summed E-state index contributed by atoms with van der Waals surface area (Å²) in [4.78, 5) is 18.1. The van der Waals surface area contributed by atoms with Gasteiger partial charge in [-0.2, -0.15) is 0 Å². The monoisotopic (exact) mass is 238 g/mol. The summed E-state index contributed by atoms with van der Waals surface area (Å²) in [5.41, 5.74) is 0.119. The van der Waals surface area contributed by atoms with Gasteiger partial charge in [0.15, 0.2) is 0 Å². The number of carboxylic acid groups (broad SMARTS) is 1. The van der Waals surface area contributed by atoms with E-state index in [0.717, 1.165) is 4.44 Å². The second-order valence-electron chi connectivity index (χ2n) is 2.12. The SMILES string of the molecule is O=C([O-])C1=Nc2nc[se]c2C1.[Na+]. The maximum absolute atomic E-state index is 10.3. The van der Waals surface area contributed by atoms with Crippen LogP contribution in [-0.2, 0) is 11.2 Å². The van der Waals surface area contributed by atoms with E-state index in [1.165, 1.54) is 0 Å². The molecule has 0 radical (unpaired) electrons. The first kappa shape index (κ1) is 10.2. The number of carbonyl (C=O) groups excluding carboxylic acids is 1. The van der Waals surface area contributed by atoms with Gasteiger partial charge in [-0.3, -0.25) is 0 Å². The van der Waals surface area contributed by atoms with Crippen molar-refractivity contribution in [1.29, 1.82) is 0 Å². The molecule has 1 aliphatic heterocycles. The van der Waals surface area contributed by atoms with Gasteiger partial charge >= 0.3 is 97.4 Å². The van der Waals surface area contributed by atoms with E-state index in [1.54, 1.807) is 5.07 Å². The van der Waals surface area contributed by atoms with Crippen LogP contribution in [0.15, 0.2) is 10.1 Å². The zero-order valence-electron chi connectivity index (χ0n) is 6.40. The number of aromatic nitrogens is 1. The van der Waals surface area contributed by atoms with E-state index >= 15 is 0 Å². The number of carbonyl (C=O) groups is 1. The first-order chi connectivity index (χ1) is 5.27. The van der Waals surface area contributed by atoms with Crippen molar-refractivity contribution in [3.05, 3.63) is 9.51 Å². The fourth-order valence-electron chi connectivity index (χ4n) is 0.914. The summed E-state index contributed by atoms with van der Waals surface area (Å²) < 4.78 is 1.05.